The Balaban J connectivity index is 0.980. The molecule has 0 atom stereocenters. The first-order valence-corrected chi connectivity index (χ1v) is 21.8. The van der Waals surface area contributed by atoms with Crippen LogP contribution in [0.5, 0.6) is 0 Å². The smallest absolute Gasteiger partial charge is 0.0714 e. The molecule has 1 nitrogen and oxygen atoms in total. The van der Waals surface area contributed by atoms with Crippen LogP contribution in [-0.2, 0) is 5.41 Å². The van der Waals surface area contributed by atoms with Crippen LogP contribution in [0.2, 0.25) is 0 Å². The fourth-order valence-corrected chi connectivity index (χ4v) is 11.2. The maximum absolute atomic E-state index is 2.45. The molecule has 1 aliphatic rings. The van der Waals surface area contributed by atoms with Crippen molar-refractivity contribution >= 4 is 59.3 Å². The highest BCUT2D eigenvalue weighted by molar-refractivity contribution is 7.26. The third-order valence-electron chi connectivity index (χ3n) is 12.8. The van der Waals surface area contributed by atoms with E-state index in [9.17, 15) is 0 Å². The summed E-state index contributed by atoms with van der Waals surface area (Å²) in [5.74, 6) is 0. The quantitative estimate of drug-likeness (QED) is 0.155. The lowest BCUT2D eigenvalue weighted by Gasteiger charge is -2.35. The molecule has 0 saturated heterocycles. The van der Waals surface area contributed by atoms with Crippen LogP contribution in [0.4, 0.5) is 17.1 Å². The molecule has 1 aliphatic carbocycles. The highest BCUT2D eigenvalue weighted by atomic mass is 32.1. The fourth-order valence-electron chi connectivity index (χ4n) is 9.95. The molecule has 0 bridgehead atoms. The van der Waals surface area contributed by atoms with Crippen LogP contribution < -0.4 is 4.90 Å². The van der Waals surface area contributed by atoms with Gasteiger partial charge in [-0.25, -0.2) is 0 Å². The van der Waals surface area contributed by atoms with Crippen LogP contribution >= 0.6 is 11.3 Å². The molecule has 1 aromatic heterocycles. The van der Waals surface area contributed by atoms with Gasteiger partial charge in [-0.2, -0.15) is 0 Å². The van der Waals surface area contributed by atoms with Crippen LogP contribution in [0.3, 0.4) is 0 Å². The summed E-state index contributed by atoms with van der Waals surface area (Å²) in [6, 6.07) is 87.2. The van der Waals surface area contributed by atoms with Crippen LogP contribution in [0.1, 0.15) is 22.3 Å². The molecule has 11 aromatic rings. The second-order valence-electron chi connectivity index (χ2n) is 16.0. The van der Waals surface area contributed by atoms with Crippen LogP contribution in [0.15, 0.2) is 237 Å². The molecule has 0 radical (unpaired) electrons. The van der Waals surface area contributed by atoms with E-state index in [2.05, 4.69) is 241 Å². The fraction of sp³-hybridized carbons (Fsp3) is 0.0169. The molecule has 61 heavy (non-hydrogen) atoms. The molecular weight excluding hydrogens is 755 g/mol. The molecule has 0 saturated carbocycles. The standard InChI is InChI=1S/C59H39NS/c1-3-16-45(17-4-1)59(46-18-5-2-6-19-46)55-24-11-9-20-51(55)52-37-36-49(39-56(52)59)60(48-35-32-40-14-7-8-15-44(40)38-48)47-33-30-42(31-34-47)41-26-28-43(29-27-41)50-22-13-23-54-53-21-10-12-25-57(53)61-58(50)54/h1-39H. The van der Waals surface area contributed by atoms with Gasteiger partial charge in [0.1, 0.15) is 0 Å². The number of thiophene rings is 1. The topological polar surface area (TPSA) is 3.24 Å². The van der Waals surface area contributed by atoms with Crippen molar-refractivity contribution in [2.75, 3.05) is 4.90 Å². The van der Waals surface area contributed by atoms with E-state index in [-0.39, 0.29) is 0 Å². The molecule has 0 N–H and O–H groups in total. The lowest BCUT2D eigenvalue weighted by Crippen LogP contribution is -2.28. The molecule has 0 fully saturated rings. The second-order valence-corrected chi connectivity index (χ2v) is 17.1. The summed E-state index contributed by atoms with van der Waals surface area (Å²) in [6.07, 6.45) is 0. The van der Waals surface area contributed by atoms with E-state index in [4.69, 9.17) is 0 Å². The summed E-state index contributed by atoms with van der Waals surface area (Å²) in [7, 11) is 0. The molecule has 2 heteroatoms. The van der Waals surface area contributed by atoms with Crippen molar-refractivity contribution in [1.82, 2.24) is 0 Å². The van der Waals surface area contributed by atoms with E-state index in [0.717, 1.165) is 17.1 Å². The number of fused-ring (bicyclic) bond motifs is 7. The van der Waals surface area contributed by atoms with Crippen molar-refractivity contribution in [2.45, 2.75) is 5.41 Å². The van der Waals surface area contributed by atoms with Crippen molar-refractivity contribution in [1.29, 1.82) is 0 Å². The van der Waals surface area contributed by atoms with E-state index >= 15 is 0 Å². The van der Waals surface area contributed by atoms with E-state index < -0.39 is 5.41 Å². The molecular formula is C59H39NS. The Kier molecular flexibility index (Phi) is 8.33. The number of hydrogen-bond acceptors (Lipinski definition) is 2. The molecule has 286 valence electrons. The first kappa shape index (κ1) is 35.4. The summed E-state index contributed by atoms with van der Waals surface area (Å²) in [4.78, 5) is 2.43. The molecule has 0 unspecified atom stereocenters. The first-order chi connectivity index (χ1) is 30.2. The molecule has 12 rings (SSSR count). The molecule has 0 amide bonds. The van der Waals surface area contributed by atoms with Crippen molar-refractivity contribution in [3.63, 3.8) is 0 Å². The van der Waals surface area contributed by atoms with Gasteiger partial charge in [0, 0.05) is 37.2 Å². The van der Waals surface area contributed by atoms with Gasteiger partial charge in [0.25, 0.3) is 0 Å². The first-order valence-electron chi connectivity index (χ1n) is 21.0. The highest BCUT2D eigenvalue weighted by Gasteiger charge is 2.46. The molecule has 0 aliphatic heterocycles. The van der Waals surface area contributed by atoms with Gasteiger partial charge >= 0.3 is 0 Å². The van der Waals surface area contributed by atoms with Gasteiger partial charge in [0.15, 0.2) is 0 Å². The summed E-state index contributed by atoms with van der Waals surface area (Å²) < 4.78 is 2.67. The predicted octanol–water partition coefficient (Wildman–Crippen LogP) is 16.4. The van der Waals surface area contributed by atoms with Crippen molar-refractivity contribution in [3.8, 4) is 33.4 Å². The second kappa shape index (κ2) is 14.3. The number of benzene rings is 10. The molecule has 0 spiro atoms. The predicted molar refractivity (Wildman–Crippen MR) is 260 cm³/mol. The minimum atomic E-state index is -0.488. The third kappa shape index (κ3) is 5.68. The maximum atomic E-state index is 2.45. The van der Waals surface area contributed by atoms with E-state index in [0.29, 0.717) is 0 Å². The largest absolute Gasteiger partial charge is 0.310 e. The minimum absolute atomic E-state index is 0.488. The van der Waals surface area contributed by atoms with Crippen molar-refractivity contribution < 1.29 is 0 Å². The van der Waals surface area contributed by atoms with Crippen molar-refractivity contribution in [2.24, 2.45) is 0 Å². The number of hydrogen-bond donors (Lipinski definition) is 0. The Labute approximate surface area is 360 Å². The molecule has 10 aromatic carbocycles. The van der Waals surface area contributed by atoms with E-state index in [1.807, 2.05) is 11.3 Å². The molecule has 1 heterocycles. The van der Waals surface area contributed by atoms with E-state index in [1.54, 1.807) is 0 Å². The third-order valence-corrected chi connectivity index (χ3v) is 14.0. The Morgan fingerprint density at radius 2 is 0.869 bits per heavy atom. The summed E-state index contributed by atoms with van der Waals surface area (Å²) in [5, 5.41) is 5.10. The summed E-state index contributed by atoms with van der Waals surface area (Å²) >= 11 is 1.88. The van der Waals surface area contributed by atoms with Gasteiger partial charge in [0.05, 0.1) is 5.41 Å². The summed E-state index contributed by atoms with van der Waals surface area (Å²) in [5.41, 5.74) is 15.4. The van der Waals surface area contributed by atoms with E-state index in [1.165, 1.54) is 86.6 Å². The zero-order chi connectivity index (χ0) is 40.3. The van der Waals surface area contributed by atoms with Gasteiger partial charge in [-0.1, -0.05) is 194 Å². The number of anilines is 3. The zero-order valence-electron chi connectivity index (χ0n) is 33.4. The van der Waals surface area contributed by atoms with Crippen molar-refractivity contribution in [3.05, 3.63) is 259 Å². The van der Waals surface area contributed by atoms with Gasteiger partial charge in [0.2, 0.25) is 0 Å². The lowest BCUT2D eigenvalue weighted by atomic mass is 9.67. The van der Waals surface area contributed by atoms with Gasteiger partial charge in [-0.15, -0.1) is 11.3 Å². The number of rotatable bonds is 7. The van der Waals surface area contributed by atoms with Gasteiger partial charge in [-0.05, 0) is 109 Å². The zero-order valence-corrected chi connectivity index (χ0v) is 34.2. The van der Waals surface area contributed by atoms with Crippen LogP contribution in [0, 0.1) is 0 Å². The lowest BCUT2D eigenvalue weighted by molar-refractivity contribution is 0.768. The SMILES string of the molecule is c1ccc(C2(c3ccccc3)c3ccccc3-c3ccc(N(c4ccc(-c5ccc(-c6cccc7c6sc6ccccc67)cc5)cc4)c4ccc5ccccc5c4)cc32)cc1. The average molecular weight is 794 g/mol. The normalized spacial score (nSPS) is 12.7. The number of nitrogens with zero attached hydrogens (tertiary/aromatic N) is 1. The highest BCUT2D eigenvalue weighted by Crippen LogP contribution is 2.57. The Morgan fingerprint density at radius 1 is 0.328 bits per heavy atom. The van der Waals surface area contributed by atoms with Gasteiger partial charge < -0.3 is 4.90 Å². The van der Waals surface area contributed by atoms with Gasteiger partial charge in [-0.3, -0.25) is 0 Å². The Bertz CT molecular complexity index is 3360. The summed E-state index contributed by atoms with van der Waals surface area (Å²) in [6.45, 7) is 0. The monoisotopic (exact) mass is 793 g/mol. The van der Waals surface area contributed by atoms with Crippen LogP contribution in [0.25, 0.3) is 64.3 Å². The van der Waals surface area contributed by atoms with Crippen LogP contribution in [-0.4, -0.2) is 0 Å². The Morgan fingerprint density at radius 3 is 1.64 bits per heavy atom. The maximum Gasteiger partial charge on any atom is 0.0714 e. The Hall–Kier alpha value is -7.52. The minimum Gasteiger partial charge on any atom is -0.310 e. The average Bonchev–Trinajstić information content (AvgIpc) is 3.86.